The number of hydrogen-bond acceptors (Lipinski definition) is 4. The molecule has 0 spiro atoms. The Morgan fingerprint density at radius 1 is 1.32 bits per heavy atom. The van der Waals surface area contributed by atoms with Crippen molar-refractivity contribution in [2.75, 3.05) is 7.11 Å². The fraction of sp³-hybridized carbons (Fsp3) is 0.429. The van der Waals surface area contributed by atoms with Crippen LogP contribution in [0, 0.1) is 10.1 Å². The summed E-state index contributed by atoms with van der Waals surface area (Å²) in [5.41, 5.74) is 0.715. The summed E-state index contributed by atoms with van der Waals surface area (Å²) in [6.45, 7) is 0. The summed E-state index contributed by atoms with van der Waals surface area (Å²) >= 11 is 0. The molecule has 0 bridgehead atoms. The van der Waals surface area contributed by atoms with Gasteiger partial charge in [0, 0.05) is 6.08 Å². The number of ether oxygens (including phenoxy) is 2. The fourth-order valence-corrected chi connectivity index (χ4v) is 2.22. The first-order valence-corrected chi connectivity index (χ1v) is 6.35. The Labute approximate surface area is 112 Å². The number of rotatable bonds is 5. The maximum atomic E-state index is 10.3. The van der Waals surface area contributed by atoms with Crippen LogP contribution in [0.25, 0.3) is 6.08 Å². The summed E-state index contributed by atoms with van der Waals surface area (Å²) in [6.07, 6.45) is 7.16. The van der Waals surface area contributed by atoms with Crippen molar-refractivity contribution in [1.29, 1.82) is 0 Å². The predicted octanol–water partition coefficient (Wildman–Crippen LogP) is 3.26. The maximum absolute atomic E-state index is 10.3. The quantitative estimate of drug-likeness (QED) is 0.604. The van der Waals surface area contributed by atoms with Crippen LogP contribution in [0.2, 0.25) is 0 Å². The lowest BCUT2D eigenvalue weighted by atomic mass is 10.2. The first-order valence-electron chi connectivity index (χ1n) is 6.35. The normalized spacial score (nSPS) is 15.8. The van der Waals surface area contributed by atoms with Crippen LogP contribution >= 0.6 is 0 Å². The lowest BCUT2D eigenvalue weighted by molar-refractivity contribution is -0.400. The van der Waals surface area contributed by atoms with E-state index < -0.39 is 4.92 Å². The number of nitrogens with zero attached hydrogens (tertiary/aromatic N) is 1. The summed E-state index contributed by atoms with van der Waals surface area (Å²) in [6, 6.07) is 5.33. The zero-order valence-corrected chi connectivity index (χ0v) is 10.9. The zero-order chi connectivity index (χ0) is 13.7. The van der Waals surface area contributed by atoms with Gasteiger partial charge in [-0.3, -0.25) is 10.1 Å². The van der Waals surface area contributed by atoms with Gasteiger partial charge in [-0.2, -0.15) is 0 Å². The van der Waals surface area contributed by atoms with Crippen LogP contribution in [0.3, 0.4) is 0 Å². The molecule has 0 saturated heterocycles. The van der Waals surface area contributed by atoms with Crippen molar-refractivity contribution in [3.8, 4) is 11.5 Å². The monoisotopic (exact) mass is 263 g/mol. The first kappa shape index (κ1) is 13.4. The molecule has 5 nitrogen and oxygen atoms in total. The zero-order valence-electron chi connectivity index (χ0n) is 10.9. The minimum atomic E-state index is -0.491. The van der Waals surface area contributed by atoms with Crippen LogP contribution in [0.1, 0.15) is 31.2 Å². The molecular formula is C14H17NO4. The summed E-state index contributed by atoms with van der Waals surface area (Å²) in [5.74, 6) is 1.31. The average molecular weight is 263 g/mol. The summed E-state index contributed by atoms with van der Waals surface area (Å²) in [7, 11) is 1.57. The molecule has 1 aliphatic carbocycles. The Bertz CT molecular complexity index is 478. The van der Waals surface area contributed by atoms with Crippen LogP contribution in [0.4, 0.5) is 0 Å². The molecule has 0 heterocycles. The summed E-state index contributed by atoms with van der Waals surface area (Å²) < 4.78 is 11.2. The minimum Gasteiger partial charge on any atom is -0.493 e. The summed E-state index contributed by atoms with van der Waals surface area (Å²) in [4.78, 5) is 9.80. The molecule has 0 radical (unpaired) electrons. The standard InChI is InChI=1S/C14H17NO4/c1-18-14-10-11(8-9-15(16)17)6-7-13(14)19-12-4-2-3-5-12/h6-10,12H,2-5H2,1H3/b9-8+. The second-order valence-electron chi connectivity index (χ2n) is 4.54. The molecule has 19 heavy (non-hydrogen) atoms. The van der Waals surface area contributed by atoms with Crippen LogP contribution < -0.4 is 9.47 Å². The van der Waals surface area contributed by atoms with Gasteiger partial charge in [0.05, 0.1) is 18.1 Å². The average Bonchev–Trinajstić information content (AvgIpc) is 2.90. The van der Waals surface area contributed by atoms with E-state index in [1.807, 2.05) is 0 Å². The van der Waals surface area contributed by atoms with E-state index >= 15 is 0 Å². The Balaban J connectivity index is 2.13. The van der Waals surface area contributed by atoms with Crippen LogP contribution in [0.5, 0.6) is 11.5 Å². The molecule has 1 fully saturated rings. The van der Waals surface area contributed by atoms with Gasteiger partial charge in [0.1, 0.15) is 0 Å². The van der Waals surface area contributed by atoms with Gasteiger partial charge >= 0.3 is 0 Å². The van der Waals surface area contributed by atoms with Gasteiger partial charge in [-0.15, -0.1) is 0 Å². The van der Waals surface area contributed by atoms with Crippen molar-refractivity contribution >= 4 is 6.08 Å². The SMILES string of the molecule is COc1cc(/C=C/[N+](=O)[O-])ccc1OC1CCCC1. The van der Waals surface area contributed by atoms with Gasteiger partial charge in [-0.25, -0.2) is 0 Å². The van der Waals surface area contributed by atoms with Gasteiger partial charge in [0.25, 0.3) is 0 Å². The van der Waals surface area contributed by atoms with E-state index in [0.29, 0.717) is 17.1 Å². The highest BCUT2D eigenvalue weighted by Crippen LogP contribution is 2.32. The van der Waals surface area contributed by atoms with Crippen molar-refractivity contribution in [2.45, 2.75) is 31.8 Å². The molecule has 5 heteroatoms. The molecule has 1 aromatic carbocycles. The fourth-order valence-electron chi connectivity index (χ4n) is 2.22. The molecule has 2 rings (SSSR count). The molecule has 0 aliphatic heterocycles. The number of methoxy groups -OCH3 is 1. The number of benzene rings is 1. The van der Waals surface area contributed by atoms with E-state index in [0.717, 1.165) is 19.0 Å². The van der Waals surface area contributed by atoms with Gasteiger partial charge in [-0.1, -0.05) is 6.07 Å². The number of nitro groups is 1. The predicted molar refractivity (Wildman–Crippen MR) is 71.9 cm³/mol. The van der Waals surface area contributed by atoms with Gasteiger partial charge in [-0.05, 0) is 43.4 Å². The molecule has 0 atom stereocenters. The molecule has 1 aliphatic rings. The third kappa shape index (κ3) is 3.71. The van der Waals surface area contributed by atoms with E-state index in [-0.39, 0.29) is 6.10 Å². The second kappa shape index (κ2) is 6.22. The molecule has 0 N–H and O–H groups in total. The first-order chi connectivity index (χ1) is 9.19. The van der Waals surface area contributed by atoms with Gasteiger partial charge in [0.15, 0.2) is 11.5 Å². The van der Waals surface area contributed by atoms with Crippen molar-refractivity contribution in [1.82, 2.24) is 0 Å². The highest BCUT2D eigenvalue weighted by molar-refractivity contribution is 5.55. The summed E-state index contributed by atoms with van der Waals surface area (Å²) in [5, 5.41) is 10.3. The van der Waals surface area contributed by atoms with Crippen molar-refractivity contribution in [3.05, 3.63) is 40.1 Å². The molecular weight excluding hydrogens is 246 g/mol. The Kier molecular flexibility index (Phi) is 4.39. The van der Waals surface area contributed by atoms with Gasteiger partial charge < -0.3 is 9.47 Å². The van der Waals surface area contributed by atoms with E-state index in [4.69, 9.17) is 9.47 Å². The van der Waals surface area contributed by atoms with Crippen molar-refractivity contribution < 1.29 is 14.4 Å². The Morgan fingerprint density at radius 2 is 2.05 bits per heavy atom. The van der Waals surface area contributed by atoms with E-state index in [1.165, 1.54) is 18.9 Å². The van der Waals surface area contributed by atoms with Crippen LogP contribution in [-0.2, 0) is 0 Å². The molecule has 0 amide bonds. The Morgan fingerprint density at radius 3 is 2.68 bits per heavy atom. The topological polar surface area (TPSA) is 61.6 Å². The van der Waals surface area contributed by atoms with Crippen LogP contribution in [-0.4, -0.2) is 18.1 Å². The van der Waals surface area contributed by atoms with E-state index in [9.17, 15) is 10.1 Å². The molecule has 0 unspecified atom stereocenters. The smallest absolute Gasteiger partial charge is 0.235 e. The lowest BCUT2D eigenvalue weighted by Gasteiger charge is -2.16. The third-order valence-corrected chi connectivity index (χ3v) is 3.17. The molecule has 0 aromatic heterocycles. The van der Waals surface area contributed by atoms with E-state index in [1.54, 1.807) is 25.3 Å². The van der Waals surface area contributed by atoms with Gasteiger partial charge in [0.2, 0.25) is 6.20 Å². The van der Waals surface area contributed by atoms with Crippen molar-refractivity contribution in [3.63, 3.8) is 0 Å². The highest BCUT2D eigenvalue weighted by Gasteiger charge is 2.18. The molecule has 102 valence electrons. The second-order valence-corrected chi connectivity index (χ2v) is 4.54. The maximum Gasteiger partial charge on any atom is 0.235 e. The third-order valence-electron chi connectivity index (χ3n) is 3.17. The van der Waals surface area contributed by atoms with Crippen molar-refractivity contribution in [2.24, 2.45) is 0 Å². The highest BCUT2D eigenvalue weighted by atomic mass is 16.6. The molecule has 1 saturated carbocycles. The lowest BCUT2D eigenvalue weighted by Crippen LogP contribution is -2.11. The van der Waals surface area contributed by atoms with Crippen LogP contribution in [0.15, 0.2) is 24.4 Å². The Hall–Kier alpha value is -2.04. The largest absolute Gasteiger partial charge is 0.493 e. The molecule has 1 aromatic rings. The minimum absolute atomic E-state index is 0.258. The number of hydrogen-bond donors (Lipinski definition) is 0. The van der Waals surface area contributed by atoms with E-state index in [2.05, 4.69) is 0 Å².